The topological polar surface area (TPSA) is 40.4 Å². The van der Waals surface area contributed by atoms with Gasteiger partial charge >= 0.3 is 0 Å². The van der Waals surface area contributed by atoms with Gasteiger partial charge in [0.1, 0.15) is 5.76 Å². The lowest BCUT2D eigenvalue weighted by Gasteiger charge is -2.33. The smallest absolute Gasteiger partial charge is 0.170 e. The Bertz CT molecular complexity index is 673. The van der Waals surface area contributed by atoms with Gasteiger partial charge in [-0.15, -0.1) is 0 Å². The highest BCUT2D eigenvalue weighted by Gasteiger charge is 2.24. The summed E-state index contributed by atoms with van der Waals surface area (Å²) >= 11 is 5.53. The number of hydrogen-bond acceptors (Lipinski definition) is 3. The fraction of sp³-hybridized carbons (Fsp3) is 0.450. The van der Waals surface area contributed by atoms with E-state index < -0.39 is 0 Å². The molecular formula is C20H27N3OS. The second kappa shape index (κ2) is 8.50. The third-order valence-corrected chi connectivity index (χ3v) is 5.13. The summed E-state index contributed by atoms with van der Waals surface area (Å²) in [4.78, 5) is 2.50. The van der Waals surface area contributed by atoms with E-state index in [-0.39, 0.29) is 6.04 Å². The number of benzene rings is 1. The highest BCUT2D eigenvalue weighted by molar-refractivity contribution is 7.80. The summed E-state index contributed by atoms with van der Waals surface area (Å²) in [5.74, 6) is 1.00. The van der Waals surface area contributed by atoms with Gasteiger partial charge in [-0.3, -0.25) is 4.90 Å². The Labute approximate surface area is 155 Å². The van der Waals surface area contributed by atoms with Crippen molar-refractivity contribution < 1.29 is 4.42 Å². The SMILES string of the molecule is Cc1cccc(C)c1NC(=S)NCC(c1ccco1)N1CCCCC1. The Hall–Kier alpha value is -1.85. The van der Waals surface area contributed by atoms with E-state index in [1.807, 2.05) is 6.07 Å². The minimum atomic E-state index is 0.216. The Morgan fingerprint density at radius 2 is 1.84 bits per heavy atom. The maximum Gasteiger partial charge on any atom is 0.170 e. The van der Waals surface area contributed by atoms with Gasteiger partial charge in [-0.25, -0.2) is 0 Å². The van der Waals surface area contributed by atoms with Crippen molar-refractivity contribution >= 4 is 23.0 Å². The molecule has 1 unspecified atom stereocenters. The van der Waals surface area contributed by atoms with E-state index in [0.29, 0.717) is 5.11 Å². The van der Waals surface area contributed by atoms with E-state index in [4.69, 9.17) is 16.6 Å². The fourth-order valence-corrected chi connectivity index (χ4v) is 3.66. The first-order valence-electron chi connectivity index (χ1n) is 9.03. The summed E-state index contributed by atoms with van der Waals surface area (Å²) in [6.07, 6.45) is 5.57. The van der Waals surface area contributed by atoms with Crippen LogP contribution in [0.4, 0.5) is 5.69 Å². The van der Waals surface area contributed by atoms with Crippen molar-refractivity contribution in [2.45, 2.75) is 39.2 Å². The average molecular weight is 358 g/mol. The first-order chi connectivity index (χ1) is 12.1. The van der Waals surface area contributed by atoms with Gasteiger partial charge in [0.2, 0.25) is 0 Å². The largest absolute Gasteiger partial charge is 0.468 e. The lowest BCUT2D eigenvalue weighted by atomic mass is 10.1. The van der Waals surface area contributed by atoms with Crippen LogP contribution in [-0.4, -0.2) is 29.6 Å². The van der Waals surface area contributed by atoms with Crippen molar-refractivity contribution in [1.29, 1.82) is 0 Å². The number of furan rings is 1. The van der Waals surface area contributed by atoms with Crippen LogP contribution in [0.15, 0.2) is 41.0 Å². The minimum Gasteiger partial charge on any atom is -0.468 e. The summed E-state index contributed by atoms with van der Waals surface area (Å²) in [5, 5.41) is 7.40. The van der Waals surface area contributed by atoms with E-state index >= 15 is 0 Å². The van der Waals surface area contributed by atoms with Gasteiger partial charge in [0, 0.05) is 12.2 Å². The number of anilines is 1. The Morgan fingerprint density at radius 3 is 2.48 bits per heavy atom. The van der Waals surface area contributed by atoms with Crippen LogP contribution in [0.2, 0.25) is 0 Å². The number of hydrogen-bond donors (Lipinski definition) is 2. The molecule has 2 heterocycles. The Balaban J connectivity index is 1.63. The number of nitrogens with one attached hydrogen (secondary N) is 2. The van der Waals surface area contributed by atoms with Gasteiger partial charge in [-0.1, -0.05) is 24.6 Å². The number of likely N-dealkylation sites (tertiary alicyclic amines) is 1. The maximum atomic E-state index is 5.69. The predicted molar refractivity (Wildman–Crippen MR) is 107 cm³/mol. The van der Waals surface area contributed by atoms with Gasteiger partial charge in [-0.05, 0) is 75.3 Å². The van der Waals surface area contributed by atoms with Crippen LogP contribution in [-0.2, 0) is 0 Å². The predicted octanol–water partition coefficient (Wildman–Crippen LogP) is 4.41. The number of thiocarbonyl (C=S) groups is 1. The number of para-hydroxylation sites is 1. The van der Waals surface area contributed by atoms with Crippen molar-refractivity contribution in [3.8, 4) is 0 Å². The zero-order chi connectivity index (χ0) is 17.6. The van der Waals surface area contributed by atoms with E-state index in [0.717, 1.165) is 31.1 Å². The molecule has 0 amide bonds. The Kier molecular flexibility index (Phi) is 6.10. The summed E-state index contributed by atoms with van der Waals surface area (Å²) < 4.78 is 5.69. The summed E-state index contributed by atoms with van der Waals surface area (Å²) in [5.41, 5.74) is 3.48. The van der Waals surface area contributed by atoms with Crippen LogP contribution in [0.1, 0.15) is 42.2 Å². The van der Waals surface area contributed by atoms with Crippen LogP contribution in [0.3, 0.4) is 0 Å². The molecular weight excluding hydrogens is 330 g/mol. The normalized spacial score (nSPS) is 16.4. The molecule has 0 aliphatic carbocycles. The first kappa shape index (κ1) is 18.0. The molecule has 0 bridgehead atoms. The van der Waals surface area contributed by atoms with E-state index in [9.17, 15) is 0 Å². The molecule has 4 nitrogen and oxygen atoms in total. The van der Waals surface area contributed by atoms with Crippen LogP contribution in [0, 0.1) is 13.8 Å². The van der Waals surface area contributed by atoms with Crippen molar-refractivity contribution in [3.63, 3.8) is 0 Å². The molecule has 0 radical (unpaired) electrons. The first-order valence-corrected chi connectivity index (χ1v) is 9.44. The number of nitrogens with zero attached hydrogens (tertiary/aromatic N) is 1. The highest BCUT2D eigenvalue weighted by Crippen LogP contribution is 2.25. The van der Waals surface area contributed by atoms with Crippen molar-refractivity contribution in [3.05, 3.63) is 53.5 Å². The molecule has 1 atom stereocenters. The number of piperidine rings is 1. The lowest BCUT2D eigenvalue weighted by Crippen LogP contribution is -2.41. The molecule has 1 aliphatic heterocycles. The molecule has 2 aromatic rings. The quantitative estimate of drug-likeness (QED) is 0.776. The fourth-order valence-electron chi connectivity index (χ4n) is 3.48. The summed E-state index contributed by atoms with van der Waals surface area (Å²) in [6.45, 7) is 7.16. The van der Waals surface area contributed by atoms with Crippen molar-refractivity contribution in [2.75, 3.05) is 25.0 Å². The molecule has 0 spiro atoms. The van der Waals surface area contributed by atoms with Crippen LogP contribution < -0.4 is 10.6 Å². The molecule has 0 saturated carbocycles. The second-order valence-electron chi connectivity index (χ2n) is 6.73. The highest BCUT2D eigenvalue weighted by atomic mass is 32.1. The molecule has 1 aromatic carbocycles. The standard InChI is InChI=1S/C20H27N3OS/c1-15-8-6-9-16(2)19(15)22-20(25)21-14-17(18-10-7-13-24-18)23-11-4-3-5-12-23/h6-10,13,17H,3-5,11-12,14H2,1-2H3,(H2,21,22,25). The van der Waals surface area contributed by atoms with Crippen LogP contribution in [0.5, 0.6) is 0 Å². The molecule has 1 aliphatic rings. The Morgan fingerprint density at radius 1 is 1.12 bits per heavy atom. The second-order valence-corrected chi connectivity index (χ2v) is 7.14. The van der Waals surface area contributed by atoms with Crippen molar-refractivity contribution in [2.24, 2.45) is 0 Å². The van der Waals surface area contributed by atoms with Gasteiger partial charge in [0.05, 0.1) is 12.3 Å². The minimum absolute atomic E-state index is 0.216. The summed E-state index contributed by atoms with van der Waals surface area (Å²) in [7, 11) is 0. The zero-order valence-electron chi connectivity index (χ0n) is 15.0. The van der Waals surface area contributed by atoms with Gasteiger partial charge in [-0.2, -0.15) is 0 Å². The number of rotatable bonds is 5. The third kappa shape index (κ3) is 4.61. The van der Waals surface area contributed by atoms with E-state index in [1.165, 1.54) is 30.4 Å². The average Bonchev–Trinajstić information content (AvgIpc) is 3.14. The van der Waals surface area contributed by atoms with Crippen molar-refractivity contribution in [1.82, 2.24) is 10.2 Å². The van der Waals surface area contributed by atoms with Gasteiger partial charge in [0.15, 0.2) is 5.11 Å². The van der Waals surface area contributed by atoms with Crippen LogP contribution in [0.25, 0.3) is 0 Å². The monoisotopic (exact) mass is 357 g/mol. The molecule has 2 N–H and O–H groups in total. The summed E-state index contributed by atoms with van der Waals surface area (Å²) in [6, 6.07) is 10.5. The van der Waals surface area contributed by atoms with Crippen LogP contribution >= 0.6 is 12.2 Å². The molecule has 3 rings (SSSR count). The molecule has 1 aromatic heterocycles. The maximum absolute atomic E-state index is 5.69. The molecule has 1 saturated heterocycles. The third-order valence-electron chi connectivity index (χ3n) is 4.88. The number of aryl methyl sites for hydroxylation is 2. The lowest BCUT2D eigenvalue weighted by molar-refractivity contribution is 0.146. The molecule has 134 valence electrons. The molecule has 25 heavy (non-hydrogen) atoms. The van der Waals surface area contributed by atoms with Gasteiger partial charge in [0.25, 0.3) is 0 Å². The molecule has 5 heteroatoms. The zero-order valence-corrected chi connectivity index (χ0v) is 15.9. The molecule has 1 fully saturated rings. The van der Waals surface area contributed by atoms with E-state index in [1.54, 1.807) is 6.26 Å². The van der Waals surface area contributed by atoms with Gasteiger partial charge < -0.3 is 15.1 Å². The van der Waals surface area contributed by atoms with E-state index in [2.05, 4.69) is 53.6 Å².